The van der Waals surface area contributed by atoms with E-state index in [1.165, 1.54) is 27.4 Å². The molecule has 0 aliphatic heterocycles. The van der Waals surface area contributed by atoms with Crippen LogP contribution in [0, 0.1) is 5.82 Å². The average molecular weight is 461 g/mol. The van der Waals surface area contributed by atoms with Gasteiger partial charge in [-0.25, -0.2) is 12.8 Å². The van der Waals surface area contributed by atoms with Crippen molar-refractivity contribution in [1.29, 1.82) is 0 Å². The molecule has 30 heavy (non-hydrogen) atoms. The van der Waals surface area contributed by atoms with E-state index in [1.807, 2.05) is 0 Å². The van der Waals surface area contributed by atoms with E-state index >= 15 is 0 Å². The molecule has 0 heterocycles. The zero-order valence-electron chi connectivity index (χ0n) is 16.9. The largest absolute Gasteiger partial charge is 0.493 e. The van der Waals surface area contributed by atoms with Gasteiger partial charge in [-0.15, -0.1) is 0 Å². The number of anilines is 1. The zero-order chi connectivity index (χ0) is 22.5. The maximum Gasteiger partial charge on any atom is 0.241 e. The Balaban J connectivity index is 2.18. The molecule has 2 rings (SSSR count). The van der Waals surface area contributed by atoms with E-state index in [9.17, 15) is 17.6 Å². The van der Waals surface area contributed by atoms with E-state index in [2.05, 4.69) is 5.32 Å². The summed E-state index contributed by atoms with van der Waals surface area (Å²) in [4.78, 5) is 12.4. The number of benzene rings is 2. The maximum atomic E-state index is 13.4. The first-order chi connectivity index (χ1) is 14.1. The summed E-state index contributed by atoms with van der Waals surface area (Å²) in [6.07, 6.45) is 0.941. The Morgan fingerprint density at radius 1 is 1.10 bits per heavy atom. The van der Waals surface area contributed by atoms with Crippen molar-refractivity contribution >= 4 is 33.2 Å². The van der Waals surface area contributed by atoms with Crippen molar-refractivity contribution < 1.29 is 31.8 Å². The highest BCUT2D eigenvalue weighted by atomic mass is 35.5. The van der Waals surface area contributed by atoms with Gasteiger partial charge >= 0.3 is 0 Å². The molecule has 0 aliphatic rings. The Morgan fingerprint density at radius 3 is 2.17 bits per heavy atom. The standard InChI is InChI=1S/C19H22ClFN2O6S/c1-27-16-7-12(8-17(28-2)19(16)29-3)10-22-18(24)11-23(30(4,25)26)13-5-6-15(21)14(20)9-13/h5-9H,10-11H2,1-4H3,(H,22,24). The molecule has 0 radical (unpaired) electrons. The first-order valence-electron chi connectivity index (χ1n) is 8.59. The third-order valence-corrected chi connectivity index (χ3v) is 5.52. The Kier molecular flexibility index (Phi) is 7.74. The number of methoxy groups -OCH3 is 3. The molecule has 0 fully saturated rings. The smallest absolute Gasteiger partial charge is 0.241 e. The summed E-state index contributed by atoms with van der Waals surface area (Å²) in [6, 6.07) is 6.73. The molecule has 0 spiro atoms. The van der Waals surface area contributed by atoms with Gasteiger partial charge < -0.3 is 19.5 Å². The van der Waals surface area contributed by atoms with Crippen molar-refractivity contribution in [3.63, 3.8) is 0 Å². The molecule has 2 aromatic rings. The zero-order valence-corrected chi connectivity index (χ0v) is 18.4. The van der Waals surface area contributed by atoms with Gasteiger partial charge in [0.2, 0.25) is 21.7 Å². The van der Waals surface area contributed by atoms with Crippen LogP contribution in [-0.2, 0) is 21.4 Å². The Morgan fingerprint density at radius 2 is 1.70 bits per heavy atom. The third-order valence-electron chi connectivity index (χ3n) is 4.09. The second-order valence-electron chi connectivity index (χ2n) is 6.18. The molecule has 0 aliphatic carbocycles. The summed E-state index contributed by atoms with van der Waals surface area (Å²) >= 11 is 5.74. The fraction of sp³-hybridized carbons (Fsp3) is 0.316. The number of hydrogen-bond donors (Lipinski definition) is 1. The fourth-order valence-corrected chi connectivity index (χ4v) is 3.69. The lowest BCUT2D eigenvalue weighted by Crippen LogP contribution is -2.40. The normalized spacial score (nSPS) is 11.0. The summed E-state index contributed by atoms with van der Waals surface area (Å²) in [5.41, 5.74) is 0.723. The highest BCUT2D eigenvalue weighted by Gasteiger charge is 2.22. The van der Waals surface area contributed by atoms with Gasteiger partial charge in [-0.3, -0.25) is 9.10 Å². The maximum absolute atomic E-state index is 13.4. The number of carbonyl (C=O) groups is 1. The third kappa shape index (κ3) is 5.67. The average Bonchev–Trinajstić information content (AvgIpc) is 2.70. The van der Waals surface area contributed by atoms with Gasteiger partial charge in [0.05, 0.1) is 38.3 Å². The van der Waals surface area contributed by atoms with Crippen LogP contribution in [0.15, 0.2) is 30.3 Å². The predicted octanol–water partition coefficient (Wildman–Crippen LogP) is 2.59. The Labute approximate surface area is 179 Å². The van der Waals surface area contributed by atoms with Crippen LogP contribution >= 0.6 is 11.6 Å². The van der Waals surface area contributed by atoms with Crippen molar-refractivity contribution in [2.45, 2.75) is 6.54 Å². The fourth-order valence-electron chi connectivity index (χ4n) is 2.66. The second-order valence-corrected chi connectivity index (χ2v) is 8.49. The van der Waals surface area contributed by atoms with Gasteiger partial charge in [0.25, 0.3) is 0 Å². The van der Waals surface area contributed by atoms with Crippen LogP contribution in [0.5, 0.6) is 17.2 Å². The van der Waals surface area contributed by atoms with Crippen LogP contribution in [0.4, 0.5) is 10.1 Å². The van der Waals surface area contributed by atoms with Gasteiger partial charge in [0.1, 0.15) is 12.4 Å². The summed E-state index contributed by atoms with van der Waals surface area (Å²) < 4.78 is 54.3. The van der Waals surface area contributed by atoms with Crippen LogP contribution in [0.1, 0.15) is 5.56 Å². The topological polar surface area (TPSA) is 94.2 Å². The lowest BCUT2D eigenvalue weighted by molar-refractivity contribution is -0.119. The number of ether oxygens (including phenoxy) is 3. The van der Waals surface area contributed by atoms with Crippen molar-refractivity contribution in [2.75, 3.05) is 38.4 Å². The molecular weight excluding hydrogens is 439 g/mol. The van der Waals surface area contributed by atoms with E-state index < -0.39 is 28.3 Å². The highest BCUT2D eigenvalue weighted by molar-refractivity contribution is 7.92. The minimum absolute atomic E-state index is 0.0758. The number of nitrogens with one attached hydrogen (secondary N) is 1. The van der Waals surface area contributed by atoms with E-state index in [0.717, 1.165) is 22.7 Å². The van der Waals surface area contributed by atoms with E-state index in [-0.39, 0.29) is 17.3 Å². The molecule has 1 amide bonds. The first-order valence-corrected chi connectivity index (χ1v) is 10.8. The van der Waals surface area contributed by atoms with Crippen molar-refractivity contribution in [3.8, 4) is 17.2 Å². The molecule has 0 saturated heterocycles. The molecule has 2 aromatic carbocycles. The number of rotatable bonds is 9. The van der Waals surface area contributed by atoms with Crippen molar-refractivity contribution in [3.05, 3.63) is 46.7 Å². The van der Waals surface area contributed by atoms with Crippen molar-refractivity contribution in [2.24, 2.45) is 0 Å². The van der Waals surface area contributed by atoms with Gasteiger partial charge in [0.15, 0.2) is 11.5 Å². The summed E-state index contributed by atoms with van der Waals surface area (Å²) in [5.74, 6) is -0.0264. The molecular formula is C19H22ClFN2O6S. The number of hydrogen-bond acceptors (Lipinski definition) is 6. The lowest BCUT2D eigenvalue weighted by atomic mass is 10.1. The van der Waals surface area contributed by atoms with Gasteiger partial charge in [-0.2, -0.15) is 0 Å². The van der Waals surface area contributed by atoms with E-state index in [1.54, 1.807) is 12.1 Å². The minimum Gasteiger partial charge on any atom is -0.493 e. The molecule has 0 saturated carbocycles. The van der Waals surface area contributed by atoms with Crippen LogP contribution in [0.3, 0.4) is 0 Å². The van der Waals surface area contributed by atoms with E-state index in [0.29, 0.717) is 22.8 Å². The Bertz CT molecular complexity index is 1010. The number of sulfonamides is 1. The highest BCUT2D eigenvalue weighted by Crippen LogP contribution is 2.38. The van der Waals surface area contributed by atoms with Gasteiger partial charge in [-0.1, -0.05) is 11.6 Å². The molecule has 0 bridgehead atoms. The molecule has 8 nitrogen and oxygen atoms in total. The minimum atomic E-state index is -3.82. The SMILES string of the molecule is COc1cc(CNC(=O)CN(c2ccc(F)c(Cl)c2)S(C)(=O)=O)cc(OC)c1OC. The van der Waals surface area contributed by atoms with Crippen LogP contribution in [0.25, 0.3) is 0 Å². The van der Waals surface area contributed by atoms with Crippen LogP contribution < -0.4 is 23.8 Å². The monoisotopic (exact) mass is 460 g/mol. The lowest BCUT2D eigenvalue weighted by Gasteiger charge is -2.22. The predicted molar refractivity (Wildman–Crippen MR) is 112 cm³/mol. The molecule has 164 valence electrons. The van der Waals surface area contributed by atoms with E-state index in [4.69, 9.17) is 25.8 Å². The number of halogens is 2. The number of carbonyl (C=O) groups excluding carboxylic acids is 1. The molecule has 11 heteroatoms. The molecule has 0 unspecified atom stereocenters. The number of amides is 1. The quantitative estimate of drug-likeness (QED) is 0.618. The summed E-state index contributed by atoms with van der Waals surface area (Å²) in [7, 11) is 0.594. The van der Waals surface area contributed by atoms with Crippen LogP contribution in [0.2, 0.25) is 5.02 Å². The number of nitrogens with zero attached hydrogens (tertiary/aromatic N) is 1. The molecule has 0 atom stereocenters. The summed E-state index contributed by atoms with van der Waals surface area (Å²) in [5, 5.41) is 2.38. The second kappa shape index (κ2) is 9.86. The Hall–Kier alpha value is -2.72. The van der Waals surface area contributed by atoms with Gasteiger partial charge in [-0.05, 0) is 35.9 Å². The molecule has 1 N–H and O–H groups in total. The first kappa shape index (κ1) is 23.6. The molecule has 0 aromatic heterocycles. The van der Waals surface area contributed by atoms with Crippen LogP contribution in [-0.4, -0.2) is 48.5 Å². The van der Waals surface area contributed by atoms with Gasteiger partial charge in [0, 0.05) is 6.54 Å². The van der Waals surface area contributed by atoms with Crippen molar-refractivity contribution in [1.82, 2.24) is 5.32 Å². The summed E-state index contributed by atoms with van der Waals surface area (Å²) in [6.45, 7) is -0.428.